The predicted molar refractivity (Wildman–Crippen MR) is 100 cm³/mol. The molecule has 1 unspecified atom stereocenters. The van der Waals surface area contributed by atoms with Crippen LogP contribution in [0.15, 0.2) is 59.7 Å². The van der Waals surface area contributed by atoms with Crippen LogP contribution in [-0.4, -0.2) is 20.4 Å². The highest BCUT2D eigenvalue weighted by atomic mass is 16.2. The second-order valence-electron chi connectivity index (χ2n) is 6.52. The number of nitrogens with zero attached hydrogens (tertiary/aromatic N) is 2. The minimum Gasteiger partial charge on any atom is -0.338 e. The zero-order chi connectivity index (χ0) is 18.7. The van der Waals surface area contributed by atoms with Gasteiger partial charge in [0.2, 0.25) is 5.56 Å². The van der Waals surface area contributed by atoms with Gasteiger partial charge in [0.05, 0.1) is 5.56 Å². The number of aromatic nitrogens is 3. The molecular formula is C20H22N4O2. The first-order chi connectivity index (χ1) is 12.5. The highest BCUT2D eigenvalue weighted by Crippen LogP contribution is 2.22. The molecule has 0 bridgehead atoms. The van der Waals surface area contributed by atoms with Crippen LogP contribution in [0.1, 0.15) is 53.2 Å². The third-order valence-corrected chi connectivity index (χ3v) is 4.30. The summed E-state index contributed by atoms with van der Waals surface area (Å²) in [5, 5.41) is 3.06. The second kappa shape index (κ2) is 7.39. The van der Waals surface area contributed by atoms with E-state index in [0.29, 0.717) is 11.3 Å². The molecule has 0 aliphatic heterocycles. The lowest BCUT2D eigenvalue weighted by Gasteiger charge is -2.20. The van der Waals surface area contributed by atoms with Gasteiger partial charge in [0.1, 0.15) is 11.9 Å². The highest BCUT2D eigenvalue weighted by molar-refractivity contribution is 5.95. The highest BCUT2D eigenvalue weighted by Gasteiger charge is 2.23. The monoisotopic (exact) mass is 350 g/mol. The summed E-state index contributed by atoms with van der Waals surface area (Å²) < 4.78 is 1.88. The summed E-state index contributed by atoms with van der Waals surface area (Å²) in [5.74, 6) is 0.509. The minimum absolute atomic E-state index is 0.0213. The fourth-order valence-electron chi connectivity index (χ4n) is 2.95. The van der Waals surface area contributed by atoms with Gasteiger partial charge in [0, 0.05) is 31.2 Å². The number of carbonyl (C=O) groups is 1. The average Bonchev–Trinajstić information content (AvgIpc) is 3.05. The Morgan fingerprint density at radius 1 is 1.15 bits per heavy atom. The van der Waals surface area contributed by atoms with Crippen molar-refractivity contribution in [2.24, 2.45) is 7.05 Å². The molecule has 2 N–H and O–H groups in total. The molecule has 0 aliphatic rings. The van der Waals surface area contributed by atoms with E-state index in [1.807, 2.05) is 62.0 Å². The van der Waals surface area contributed by atoms with Crippen LogP contribution in [-0.2, 0) is 7.05 Å². The lowest BCUT2D eigenvalue weighted by molar-refractivity contribution is 0.0939. The lowest BCUT2D eigenvalue weighted by Crippen LogP contribution is -2.32. The topological polar surface area (TPSA) is 79.8 Å². The molecule has 26 heavy (non-hydrogen) atoms. The first-order valence-electron chi connectivity index (χ1n) is 8.53. The summed E-state index contributed by atoms with van der Waals surface area (Å²) in [4.78, 5) is 31.8. The van der Waals surface area contributed by atoms with Gasteiger partial charge in [-0.25, -0.2) is 4.98 Å². The number of rotatable bonds is 5. The Balaban J connectivity index is 1.99. The van der Waals surface area contributed by atoms with E-state index in [-0.39, 0.29) is 17.4 Å². The molecule has 6 heteroatoms. The number of amides is 1. The van der Waals surface area contributed by atoms with Crippen LogP contribution in [0.3, 0.4) is 0 Å². The van der Waals surface area contributed by atoms with E-state index < -0.39 is 6.04 Å². The van der Waals surface area contributed by atoms with Crippen molar-refractivity contribution >= 4 is 5.91 Å². The standard InChI is InChI=1S/C20H22N4O2/c1-13(2)17-15(9-10-16(25)22-17)20(26)23-18(14-7-5-4-6-8-14)19-21-11-12-24(19)3/h4-13,18H,1-3H3,(H,22,25)(H,23,26). The maximum Gasteiger partial charge on any atom is 0.253 e. The first-order valence-corrected chi connectivity index (χ1v) is 8.53. The third kappa shape index (κ3) is 3.59. The lowest BCUT2D eigenvalue weighted by atomic mass is 10.0. The number of H-pyrrole nitrogens is 1. The number of aryl methyl sites for hydroxylation is 1. The van der Waals surface area contributed by atoms with Gasteiger partial charge >= 0.3 is 0 Å². The molecule has 1 amide bonds. The van der Waals surface area contributed by atoms with Crippen molar-refractivity contribution in [3.05, 3.63) is 87.9 Å². The molecule has 3 aromatic rings. The van der Waals surface area contributed by atoms with Crippen molar-refractivity contribution in [3.8, 4) is 0 Å². The molecule has 0 saturated carbocycles. The van der Waals surface area contributed by atoms with Gasteiger partial charge in [-0.1, -0.05) is 44.2 Å². The first kappa shape index (κ1) is 17.7. The summed E-state index contributed by atoms with van der Waals surface area (Å²) in [5.41, 5.74) is 1.82. The van der Waals surface area contributed by atoms with E-state index in [1.54, 1.807) is 12.3 Å². The number of nitrogens with one attached hydrogen (secondary N) is 2. The average molecular weight is 350 g/mol. The van der Waals surface area contributed by atoms with Crippen LogP contribution in [0, 0.1) is 0 Å². The number of benzene rings is 1. The van der Waals surface area contributed by atoms with E-state index in [9.17, 15) is 9.59 Å². The smallest absolute Gasteiger partial charge is 0.253 e. The predicted octanol–water partition coefficient (Wildman–Crippen LogP) is 2.75. The van der Waals surface area contributed by atoms with Crippen LogP contribution in [0.4, 0.5) is 0 Å². The molecule has 0 saturated heterocycles. The number of pyridine rings is 1. The number of hydrogen-bond donors (Lipinski definition) is 2. The second-order valence-corrected chi connectivity index (χ2v) is 6.52. The van der Waals surface area contributed by atoms with Gasteiger partial charge in [-0.2, -0.15) is 0 Å². The van der Waals surface area contributed by atoms with E-state index in [4.69, 9.17) is 0 Å². The normalized spacial score (nSPS) is 12.2. The zero-order valence-corrected chi connectivity index (χ0v) is 15.1. The molecule has 0 aliphatic carbocycles. The maximum atomic E-state index is 13.0. The van der Waals surface area contributed by atoms with Crippen LogP contribution in [0.2, 0.25) is 0 Å². The summed E-state index contributed by atoms with van der Waals surface area (Å²) >= 11 is 0. The summed E-state index contributed by atoms with van der Waals surface area (Å²) in [7, 11) is 1.89. The van der Waals surface area contributed by atoms with Crippen molar-refractivity contribution in [2.75, 3.05) is 0 Å². The largest absolute Gasteiger partial charge is 0.338 e. The maximum absolute atomic E-state index is 13.0. The zero-order valence-electron chi connectivity index (χ0n) is 15.1. The Hall–Kier alpha value is -3.15. The molecule has 2 heterocycles. The van der Waals surface area contributed by atoms with Gasteiger partial charge < -0.3 is 14.9 Å². The van der Waals surface area contributed by atoms with E-state index in [1.165, 1.54) is 6.07 Å². The van der Waals surface area contributed by atoms with E-state index in [0.717, 1.165) is 11.4 Å². The van der Waals surface area contributed by atoms with Crippen LogP contribution in [0.5, 0.6) is 0 Å². The molecule has 0 spiro atoms. The van der Waals surface area contributed by atoms with Crippen LogP contribution >= 0.6 is 0 Å². The van der Waals surface area contributed by atoms with Gasteiger partial charge in [-0.15, -0.1) is 0 Å². The van der Waals surface area contributed by atoms with Crippen molar-refractivity contribution in [1.82, 2.24) is 19.9 Å². The molecule has 2 aromatic heterocycles. The summed E-state index contributed by atoms with van der Waals surface area (Å²) in [6.45, 7) is 3.88. The molecule has 1 aromatic carbocycles. The van der Waals surface area contributed by atoms with Gasteiger partial charge in [0.15, 0.2) is 0 Å². The Kier molecular flexibility index (Phi) is 5.02. The Bertz CT molecular complexity index is 957. The summed E-state index contributed by atoms with van der Waals surface area (Å²) in [6.07, 6.45) is 3.55. The van der Waals surface area contributed by atoms with Crippen molar-refractivity contribution in [3.63, 3.8) is 0 Å². The number of imidazole rings is 1. The summed E-state index contributed by atoms with van der Waals surface area (Å²) in [6, 6.07) is 12.2. The van der Waals surface area contributed by atoms with Crippen molar-refractivity contribution in [1.29, 1.82) is 0 Å². The van der Waals surface area contributed by atoms with E-state index in [2.05, 4.69) is 15.3 Å². The fraction of sp³-hybridized carbons (Fsp3) is 0.250. The Morgan fingerprint density at radius 3 is 2.50 bits per heavy atom. The van der Waals surface area contributed by atoms with Crippen LogP contribution in [0.25, 0.3) is 0 Å². The van der Waals surface area contributed by atoms with Gasteiger partial charge in [-0.3, -0.25) is 9.59 Å². The van der Waals surface area contributed by atoms with Crippen molar-refractivity contribution in [2.45, 2.75) is 25.8 Å². The molecule has 6 nitrogen and oxygen atoms in total. The molecule has 134 valence electrons. The Morgan fingerprint density at radius 2 is 1.88 bits per heavy atom. The number of carbonyl (C=O) groups excluding carboxylic acids is 1. The van der Waals surface area contributed by atoms with Crippen molar-refractivity contribution < 1.29 is 4.79 Å². The Labute approximate surface area is 151 Å². The van der Waals surface area contributed by atoms with E-state index >= 15 is 0 Å². The third-order valence-electron chi connectivity index (χ3n) is 4.30. The molecule has 0 radical (unpaired) electrons. The SMILES string of the molecule is CC(C)c1[nH]c(=O)ccc1C(=O)NC(c1ccccc1)c1nccn1C. The van der Waals surface area contributed by atoms with Gasteiger partial charge in [0.25, 0.3) is 5.91 Å². The molecule has 0 fully saturated rings. The molecule has 1 atom stereocenters. The van der Waals surface area contributed by atoms with Gasteiger partial charge in [-0.05, 0) is 17.5 Å². The molecule has 3 rings (SSSR count). The fourth-order valence-corrected chi connectivity index (χ4v) is 2.95. The number of hydrogen-bond acceptors (Lipinski definition) is 3. The van der Waals surface area contributed by atoms with Crippen LogP contribution < -0.4 is 10.9 Å². The molecular weight excluding hydrogens is 328 g/mol. The minimum atomic E-state index is -0.393. The quantitative estimate of drug-likeness (QED) is 0.742. The number of aromatic amines is 1.